The van der Waals surface area contributed by atoms with Crippen LogP contribution in [0.5, 0.6) is 0 Å². The maximum atomic E-state index is 13.2. The van der Waals surface area contributed by atoms with Crippen molar-refractivity contribution >= 4 is 11.8 Å². The number of amides is 2. The third-order valence-corrected chi connectivity index (χ3v) is 5.45. The summed E-state index contributed by atoms with van der Waals surface area (Å²) in [5.74, 6) is 0.232. The fourth-order valence-corrected chi connectivity index (χ4v) is 3.76. The normalized spacial score (nSPS) is 16.3. The van der Waals surface area contributed by atoms with Crippen LogP contribution in [0.2, 0.25) is 0 Å². The highest BCUT2D eigenvalue weighted by atomic mass is 16.5. The quantitative estimate of drug-likeness (QED) is 0.782. The zero-order valence-electron chi connectivity index (χ0n) is 17.2. The highest BCUT2D eigenvalue weighted by Crippen LogP contribution is 2.28. The summed E-state index contributed by atoms with van der Waals surface area (Å²) in [6.07, 6.45) is 0.349. The molecule has 0 radical (unpaired) electrons. The largest absolute Gasteiger partial charge is 0.378 e. The van der Waals surface area contributed by atoms with E-state index in [-0.39, 0.29) is 17.7 Å². The predicted molar refractivity (Wildman–Crippen MR) is 113 cm³/mol. The van der Waals surface area contributed by atoms with Crippen LogP contribution in [0.4, 0.5) is 0 Å². The second-order valence-electron chi connectivity index (χ2n) is 7.81. The Morgan fingerprint density at radius 2 is 1.48 bits per heavy atom. The van der Waals surface area contributed by atoms with Crippen LogP contribution in [0.15, 0.2) is 60.7 Å². The number of nitrogens with zero attached hydrogens (tertiary/aromatic N) is 1. The second kappa shape index (κ2) is 10.2. The summed E-state index contributed by atoms with van der Waals surface area (Å²) in [5.41, 5.74) is 1.95. The minimum absolute atomic E-state index is 0.0753. The topological polar surface area (TPSA) is 58.6 Å². The fraction of sp³-hybridized carbons (Fsp3) is 0.417. The van der Waals surface area contributed by atoms with Crippen LogP contribution in [0, 0.1) is 5.92 Å². The highest BCUT2D eigenvalue weighted by molar-refractivity contribution is 5.89. The number of ether oxygens (including phenoxy) is 1. The van der Waals surface area contributed by atoms with Crippen LogP contribution in [0.25, 0.3) is 0 Å². The molecule has 1 fully saturated rings. The van der Waals surface area contributed by atoms with Gasteiger partial charge in [-0.2, -0.15) is 0 Å². The molecular formula is C24H30N2O3. The summed E-state index contributed by atoms with van der Waals surface area (Å²) in [6.45, 7) is 6.42. The van der Waals surface area contributed by atoms with Crippen molar-refractivity contribution in [1.29, 1.82) is 0 Å². The maximum Gasteiger partial charge on any atom is 0.249 e. The molecule has 0 saturated carbocycles. The number of carbonyl (C=O) groups excluding carboxylic acids is 2. The molecular weight excluding hydrogens is 364 g/mol. The Labute approximate surface area is 173 Å². The van der Waals surface area contributed by atoms with E-state index in [1.165, 1.54) is 0 Å². The van der Waals surface area contributed by atoms with E-state index < -0.39 is 6.04 Å². The van der Waals surface area contributed by atoms with Gasteiger partial charge in [0.15, 0.2) is 0 Å². The van der Waals surface area contributed by atoms with Crippen molar-refractivity contribution in [3.05, 3.63) is 71.8 Å². The highest BCUT2D eigenvalue weighted by Gasteiger charge is 2.29. The molecule has 29 heavy (non-hydrogen) atoms. The van der Waals surface area contributed by atoms with Crippen LogP contribution in [-0.4, -0.2) is 43.0 Å². The zero-order chi connectivity index (χ0) is 20.6. The Hall–Kier alpha value is -2.66. The molecule has 1 N–H and O–H groups in total. The molecule has 1 heterocycles. The Kier molecular flexibility index (Phi) is 7.42. The van der Waals surface area contributed by atoms with Gasteiger partial charge in [0.25, 0.3) is 0 Å². The molecule has 1 unspecified atom stereocenters. The van der Waals surface area contributed by atoms with Gasteiger partial charge in [-0.3, -0.25) is 9.59 Å². The smallest absolute Gasteiger partial charge is 0.249 e. The molecule has 0 aromatic heterocycles. The Balaban J connectivity index is 1.76. The second-order valence-corrected chi connectivity index (χ2v) is 7.81. The standard InChI is InChI=1S/C24H30N2O3/c1-18(2)21(19-9-5-3-6-10-19)17-22(27)25-23(20-11-7-4-8-12-20)24(28)26-13-15-29-16-14-26/h3-12,18,21,23H,13-17H2,1-2H3,(H,25,27)/t21?,23-/m1/s1. The van der Waals surface area contributed by atoms with Crippen LogP contribution in [0.3, 0.4) is 0 Å². The summed E-state index contributed by atoms with van der Waals surface area (Å²) in [6, 6.07) is 18.9. The van der Waals surface area contributed by atoms with Crippen molar-refractivity contribution < 1.29 is 14.3 Å². The number of benzene rings is 2. The molecule has 2 aromatic carbocycles. The van der Waals surface area contributed by atoms with Gasteiger partial charge in [-0.25, -0.2) is 0 Å². The molecule has 5 nitrogen and oxygen atoms in total. The van der Waals surface area contributed by atoms with E-state index in [2.05, 4.69) is 31.3 Å². The number of rotatable bonds is 7. The van der Waals surface area contributed by atoms with Gasteiger partial charge in [0.2, 0.25) is 11.8 Å². The van der Waals surface area contributed by atoms with Gasteiger partial charge in [0, 0.05) is 19.5 Å². The van der Waals surface area contributed by atoms with E-state index in [0.717, 1.165) is 11.1 Å². The van der Waals surface area contributed by atoms with Crippen molar-refractivity contribution in [2.75, 3.05) is 26.3 Å². The summed E-state index contributed by atoms with van der Waals surface area (Å²) < 4.78 is 5.36. The molecule has 3 rings (SSSR count). The Morgan fingerprint density at radius 3 is 2.03 bits per heavy atom. The summed E-state index contributed by atoms with van der Waals surface area (Å²) in [7, 11) is 0. The lowest BCUT2D eigenvalue weighted by molar-refractivity contribution is -0.140. The van der Waals surface area contributed by atoms with Gasteiger partial charge < -0.3 is 15.0 Å². The van der Waals surface area contributed by atoms with Gasteiger partial charge in [0.05, 0.1) is 13.2 Å². The van der Waals surface area contributed by atoms with Gasteiger partial charge >= 0.3 is 0 Å². The van der Waals surface area contributed by atoms with E-state index >= 15 is 0 Å². The average molecular weight is 395 g/mol. The minimum atomic E-state index is -0.676. The molecule has 0 aliphatic carbocycles. The minimum Gasteiger partial charge on any atom is -0.378 e. The molecule has 0 spiro atoms. The first-order valence-corrected chi connectivity index (χ1v) is 10.3. The summed E-state index contributed by atoms with van der Waals surface area (Å²) in [4.78, 5) is 28.0. The van der Waals surface area contributed by atoms with E-state index in [4.69, 9.17) is 4.74 Å². The van der Waals surface area contributed by atoms with Gasteiger partial charge in [-0.1, -0.05) is 74.5 Å². The molecule has 2 aromatic rings. The maximum absolute atomic E-state index is 13.2. The lowest BCUT2D eigenvalue weighted by Gasteiger charge is -2.31. The molecule has 2 atom stereocenters. The lowest BCUT2D eigenvalue weighted by atomic mass is 9.85. The molecule has 0 bridgehead atoms. The molecule has 1 aliphatic heterocycles. The van der Waals surface area contributed by atoms with Gasteiger partial charge in [-0.15, -0.1) is 0 Å². The monoisotopic (exact) mass is 394 g/mol. The first-order chi connectivity index (χ1) is 14.1. The number of hydrogen-bond acceptors (Lipinski definition) is 3. The van der Waals surface area contributed by atoms with Gasteiger partial charge in [0.1, 0.15) is 6.04 Å². The molecule has 1 saturated heterocycles. The molecule has 5 heteroatoms. The number of hydrogen-bond donors (Lipinski definition) is 1. The summed E-state index contributed by atoms with van der Waals surface area (Å²) in [5, 5.41) is 3.01. The summed E-state index contributed by atoms with van der Waals surface area (Å²) >= 11 is 0. The van der Waals surface area contributed by atoms with Crippen LogP contribution in [0.1, 0.15) is 43.4 Å². The van der Waals surface area contributed by atoms with Gasteiger partial charge in [-0.05, 0) is 23.0 Å². The Morgan fingerprint density at radius 1 is 0.931 bits per heavy atom. The first-order valence-electron chi connectivity index (χ1n) is 10.3. The third kappa shape index (κ3) is 5.67. The molecule has 1 aliphatic rings. The fourth-order valence-electron chi connectivity index (χ4n) is 3.76. The van der Waals surface area contributed by atoms with Crippen LogP contribution < -0.4 is 5.32 Å². The van der Waals surface area contributed by atoms with Crippen molar-refractivity contribution in [2.24, 2.45) is 5.92 Å². The van der Waals surface area contributed by atoms with Crippen molar-refractivity contribution in [1.82, 2.24) is 10.2 Å². The molecule has 154 valence electrons. The van der Waals surface area contributed by atoms with Crippen molar-refractivity contribution in [2.45, 2.75) is 32.2 Å². The lowest BCUT2D eigenvalue weighted by Crippen LogP contribution is -2.47. The Bertz CT molecular complexity index is 786. The number of morpholine rings is 1. The average Bonchev–Trinajstić information content (AvgIpc) is 2.77. The number of carbonyl (C=O) groups is 2. The van der Waals surface area contributed by atoms with E-state index in [1.807, 2.05) is 48.5 Å². The molecule has 2 amide bonds. The SMILES string of the molecule is CC(C)C(CC(=O)N[C@@H](C(=O)N1CCOCC1)c1ccccc1)c1ccccc1. The third-order valence-electron chi connectivity index (χ3n) is 5.45. The van der Waals surface area contributed by atoms with Crippen LogP contribution in [-0.2, 0) is 14.3 Å². The predicted octanol–water partition coefficient (Wildman–Crippen LogP) is 3.53. The van der Waals surface area contributed by atoms with E-state index in [1.54, 1.807) is 4.90 Å². The van der Waals surface area contributed by atoms with E-state index in [0.29, 0.717) is 38.6 Å². The number of nitrogens with one attached hydrogen (secondary N) is 1. The van der Waals surface area contributed by atoms with Crippen molar-refractivity contribution in [3.8, 4) is 0 Å². The van der Waals surface area contributed by atoms with E-state index in [9.17, 15) is 9.59 Å². The first kappa shape index (κ1) is 21.1. The van der Waals surface area contributed by atoms with Crippen molar-refractivity contribution in [3.63, 3.8) is 0 Å². The van der Waals surface area contributed by atoms with Crippen LogP contribution >= 0.6 is 0 Å². The zero-order valence-corrected chi connectivity index (χ0v) is 17.2.